The standard InChI is InChI=1S/C14H17ClN2/c1-3-9(2)17-13-8-11(15)6-7-12(13)16-14(17)10-4-5-10/h6-10H,3-5H2,1-2H3. The lowest BCUT2D eigenvalue weighted by molar-refractivity contribution is 0.522. The van der Waals surface area contributed by atoms with E-state index in [0.717, 1.165) is 17.0 Å². The van der Waals surface area contributed by atoms with E-state index < -0.39 is 0 Å². The Morgan fingerprint density at radius 2 is 2.24 bits per heavy atom. The maximum atomic E-state index is 6.10. The first kappa shape index (κ1) is 11.1. The Hall–Kier alpha value is -1.02. The molecule has 0 spiro atoms. The van der Waals surface area contributed by atoms with E-state index in [4.69, 9.17) is 16.6 Å². The molecule has 3 rings (SSSR count). The van der Waals surface area contributed by atoms with Crippen molar-refractivity contribution < 1.29 is 0 Å². The van der Waals surface area contributed by atoms with Crippen molar-refractivity contribution in [1.29, 1.82) is 0 Å². The van der Waals surface area contributed by atoms with E-state index in [0.29, 0.717) is 12.0 Å². The van der Waals surface area contributed by atoms with Crippen LogP contribution in [0.15, 0.2) is 18.2 Å². The molecule has 90 valence electrons. The highest BCUT2D eigenvalue weighted by atomic mass is 35.5. The van der Waals surface area contributed by atoms with Crippen molar-refractivity contribution >= 4 is 22.6 Å². The molecule has 0 bridgehead atoms. The maximum absolute atomic E-state index is 6.10. The molecule has 1 fully saturated rings. The van der Waals surface area contributed by atoms with Gasteiger partial charge in [-0.15, -0.1) is 0 Å². The van der Waals surface area contributed by atoms with Crippen LogP contribution >= 0.6 is 11.6 Å². The number of hydrogen-bond acceptors (Lipinski definition) is 1. The Morgan fingerprint density at radius 3 is 2.88 bits per heavy atom. The third-order valence-corrected chi connectivity index (χ3v) is 3.89. The van der Waals surface area contributed by atoms with Crippen LogP contribution in [0.5, 0.6) is 0 Å². The van der Waals surface area contributed by atoms with Crippen molar-refractivity contribution in [2.75, 3.05) is 0 Å². The number of nitrogens with zero attached hydrogens (tertiary/aromatic N) is 2. The van der Waals surface area contributed by atoms with Crippen LogP contribution < -0.4 is 0 Å². The molecule has 2 nitrogen and oxygen atoms in total. The summed E-state index contributed by atoms with van der Waals surface area (Å²) in [6, 6.07) is 6.49. The molecule has 1 aromatic heterocycles. The monoisotopic (exact) mass is 248 g/mol. The minimum Gasteiger partial charge on any atom is -0.325 e. The van der Waals surface area contributed by atoms with Gasteiger partial charge >= 0.3 is 0 Å². The highest BCUT2D eigenvalue weighted by molar-refractivity contribution is 6.31. The summed E-state index contributed by atoms with van der Waals surface area (Å²) in [6.07, 6.45) is 3.69. The lowest BCUT2D eigenvalue weighted by Crippen LogP contribution is -2.07. The minimum atomic E-state index is 0.495. The van der Waals surface area contributed by atoms with Gasteiger partial charge in [-0.2, -0.15) is 0 Å². The Labute approximate surface area is 107 Å². The van der Waals surface area contributed by atoms with Crippen LogP contribution in [0.3, 0.4) is 0 Å². The summed E-state index contributed by atoms with van der Waals surface area (Å²) in [5, 5.41) is 0.796. The van der Waals surface area contributed by atoms with Gasteiger partial charge in [0, 0.05) is 17.0 Å². The molecule has 0 aliphatic heterocycles. The number of hydrogen-bond donors (Lipinski definition) is 0. The van der Waals surface area contributed by atoms with Crippen molar-refractivity contribution in [2.24, 2.45) is 0 Å². The van der Waals surface area contributed by atoms with E-state index >= 15 is 0 Å². The summed E-state index contributed by atoms with van der Waals surface area (Å²) >= 11 is 6.10. The zero-order valence-electron chi connectivity index (χ0n) is 10.3. The van der Waals surface area contributed by atoms with Crippen LogP contribution in [0.4, 0.5) is 0 Å². The molecule has 0 radical (unpaired) electrons. The quantitative estimate of drug-likeness (QED) is 0.780. The predicted molar refractivity (Wildman–Crippen MR) is 71.7 cm³/mol. The first-order valence-corrected chi connectivity index (χ1v) is 6.76. The topological polar surface area (TPSA) is 17.8 Å². The second-order valence-electron chi connectivity index (χ2n) is 5.00. The summed E-state index contributed by atoms with van der Waals surface area (Å²) in [7, 11) is 0. The molecule has 3 heteroatoms. The van der Waals surface area contributed by atoms with Crippen molar-refractivity contribution in [2.45, 2.75) is 45.1 Å². The fraction of sp³-hybridized carbons (Fsp3) is 0.500. The van der Waals surface area contributed by atoms with Crippen molar-refractivity contribution in [3.8, 4) is 0 Å². The summed E-state index contributed by atoms with van der Waals surface area (Å²) in [5.74, 6) is 1.94. The van der Waals surface area contributed by atoms with Crippen LogP contribution in [-0.4, -0.2) is 9.55 Å². The minimum absolute atomic E-state index is 0.495. The van der Waals surface area contributed by atoms with Crippen LogP contribution in [0, 0.1) is 0 Å². The zero-order valence-corrected chi connectivity index (χ0v) is 11.0. The van der Waals surface area contributed by atoms with E-state index in [2.05, 4.69) is 18.4 Å². The molecule has 1 aliphatic carbocycles. The van der Waals surface area contributed by atoms with E-state index in [1.165, 1.54) is 24.2 Å². The van der Waals surface area contributed by atoms with E-state index in [1.807, 2.05) is 18.2 Å². The molecule has 17 heavy (non-hydrogen) atoms. The van der Waals surface area contributed by atoms with Gasteiger partial charge in [0.1, 0.15) is 5.82 Å². The average Bonchev–Trinajstić information content (AvgIpc) is 3.10. The second kappa shape index (κ2) is 4.02. The van der Waals surface area contributed by atoms with Crippen LogP contribution in [0.25, 0.3) is 11.0 Å². The fourth-order valence-electron chi connectivity index (χ4n) is 2.36. The van der Waals surface area contributed by atoms with Crippen LogP contribution in [0.2, 0.25) is 5.02 Å². The number of halogens is 1. The molecule has 2 aromatic rings. The number of imidazole rings is 1. The molecular weight excluding hydrogens is 232 g/mol. The summed E-state index contributed by atoms with van der Waals surface area (Å²) < 4.78 is 2.39. The second-order valence-corrected chi connectivity index (χ2v) is 5.44. The Morgan fingerprint density at radius 1 is 1.47 bits per heavy atom. The predicted octanol–water partition coefficient (Wildman–Crippen LogP) is 4.54. The number of benzene rings is 1. The van der Waals surface area contributed by atoms with E-state index in [9.17, 15) is 0 Å². The first-order chi connectivity index (χ1) is 8.20. The highest BCUT2D eigenvalue weighted by Gasteiger charge is 2.30. The molecule has 1 unspecified atom stereocenters. The molecule has 1 heterocycles. The van der Waals surface area contributed by atoms with Crippen molar-refractivity contribution in [1.82, 2.24) is 9.55 Å². The van der Waals surface area contributed by atoms with Gasteiger partial charge in [-0.1, -0.05) is 18.5 Å². The van der Waals surface area contributed by atoms with Gasteiger partial charge in [-0.25, -0.2) is 4.98 Å². The van der Waals surface area contributed by atoms with E-state index in [-0.39, 0.29) is 0 Å². The number of rotatable bonds is 3. The average molecular weight is 249 g/mol. The largest absolute Gasteiger partial charge is 0.325 e. The van der Waals surface area contributed by atoms with Crippen LogP contribution in [-0.2, 0) is 0 Å². The maximum Gasteiger partial charge on any atom is 0.113 e. The van der Waals surface area contributed by atoms with Crippen molar-refractivity contribution in [3.63, 3.8) is 0 Å². The third-order valence-electron chi connectivity index (χ3n) is 3.65. The Bertz CT molecular complexity index is 555. The van der Waals surface area contributed by atoms with E-state index in [1.54, 1.807) is 0 Å². The van der Waals surface area contributed by atoms with Gasteiger partial charge in [0.2, 0.25) is 0 Å². The first-order valence-electron chi connectivity index (χ1n) is 6.38. The lowest BCUT2D eigenvalue weighted by Gasteiger charge is -2.15. The summed E-state index contributed by atoms with van der Waals surface area (Å²) in [5.41, 5.74) is 2.27. The third kappa shape index (κ3) is 1.85. The lowest BCUT2D eigenvalue weighted by atomic mass is 10.2. The fourth-order valence-corrected chi connectivity index (χ4v) is 2.53. The Kier molecular flexibility index (Phi) is 2.62. The van der Waals surface area contributed by atoms with Gasteiger partial charge in [-0.3, -0.25) is 0 Å². The molecule has 1 aromatic carbocycles. The van der Waals surface area contributed by atoms with Gasteiger partial charge in [0.05, 0.1) is 11.0 Å². The Balaban J connectivity index is 2.24. The van der Waals surface area contributed by atoms with Gasteiger partial charge in [-0.05, 0) is 44.4 Å². The van der Waals surface area contributed by atoms with Gasteiger partial charge in [0.15, 0.2) is 0 Å². The molecular formula is C14H17ClN2. The smallest absolute Gasteiger partial charge is 0.113 e. The van der Waals surface area contributed by atoms with Gasteiger partial charge in [0.25, 0.3) is 0 Å². The SMILES string of the molecule is CCC(C)n1c(C2CC2)nc2ccc(Cl)cc21. The van der Waals surface area contributed by atoms with Crippen molar-refractivity contribution in [3.05, 3.63) is 29.0 Å². The molecule has 1 saturated carbocycles. The number of aromatic nitrogens is 2. The summed E-state index contributed by atoms with van der Waals surface area (Å²) in [4.78, 5) is 4.79. The number of fused-ring (bicyclic) bond motifs is 1. The zero-order chi connectivity index (χ0) is 12.0. The van der Waals surface area contributed by atoms with Crippen LogP contribution in [0.1, 0.15) is 50.9 Å². The summed E-state index contributed by atoms with van der Waals surface area (Å²) in [6.45, 7) is 4.48. The molecule has 0 N–H and O–H groups in total. The molecule has 0 amide bonds. The molecule has 1 aliphatic rings. The molecule has 1 atom stereocenters. The molecule has 0 saturated heterocycles. The highest BCUT2D eigenvalue weighted by Crippen LogP contribution is 2.42. The van der Waals surface area contributed by atoms with Gasteiger partial charge < -0.3 is 4.57 Å². The normalized spacial score (nSPS) is 17.6.